The van der Waals surface area contributed by atoms with Crippen molar-refractivity contribution in [1.29, 1.82) is 0 Å². The van der Waals surface area contributed by atoms with E-state index in [4.69, 9.17) is 0 Å². The predicted octanol–water partition coefficient (Wildman–Crippen LogP) is 1.89. The van der Waals surface area contributed by atoms with Crippen molar-refractivity contribution in [1.82, 2.24) is 15.1 Å². The quantitative estimate of drug-likeness (QED) is 0.849. The van der Waals surface area contributed by atoms with Crippen LogP contribution in [-0.2, 0) is 16.1 Å². The van der Waals surface area contributed by atoms with Gasteiger partial charge in [0.2, 0.25) is 5.91 Å². The Balaban J connectivity index is 1.69. The Hall–Kier alpha value is -2.44. The first kappa shape index (κ1) is 17.4. The van der Waals surface area contributed by atoms with Gasteiger partial charge in [-0.05, 0) is 30.5 Å². The molecule has 0 atom stereocenters. The van der Waals surface area contributed by atoms with Crippen molar-refractivity contribution < 1.29 is 18.8 Å². The van der Waals surface area contributed by atoms with Gasteiger partial charge in [0.1, 0.15) is 11.4 Å². The van der Waals surface area contributed by atoms with Crippen LogP contribution in [0.3, 0.4) is 0 Å². The molecule has 1 aromatic rings. The van der Waals surface area contributed by atoms with Gasteiger partial charge >= 0.3 is 6.03 Å². The molecule has 2 aliphatic heterocycles. The molecule has 0 saturated carbocycles. The highest BCUT2D eigenvalue weighted by atomic mass is 19.1. The first-order valence-electron chi connectivity index (χ1n) is 8.50. The van der Waals surface area contributed by atoms with Crippen molar-refractivity contribution >= 4 is 17.8 Å². The molecule has 0 radical (unpaired) electrons. The van der Waals surface area contributed by atoms with E-state index < -0.39 is 11.6 Å². The number of nitrogens with zero attached hydrogens (tertiary/aromatic N) is 2. The van der Waals surface area contributed by atoms with Gasteiger partial charge in [-0.3, -0.25) is 14.5 Å². The van der Waals surface area contributed by atoms with Crippen LogP contribution < -0.4 is 5.32 Å². The summed E-state index contributed by atoms with van der Waals surface area (Å²) >= 11 is 0. The maximum absolute atomic E-state index is 13.0. The van der Waals surface area contributed by atoms with Crippen molar-refractivity contribution in [3.05, 3.63) is 35.6 Å². The van der Waals surface area contributed by atoms with E-state index in [1.807, 2.05) is 13.8 Å². The Morgan fingerprint density at radius 3 is 2.36 bits per heavy atom. The highest BCUT2D eigenvalue weighted by Gasteiger charge is 2.52. The minimum absolute atomic E-state index is 0.0646. The molecule has 7 heteroatoms. The van der Waals surface area contributed by atoms with Crippen molar-refractivity contribution in [2.75, 3.05) is 13.1 Å². The van der Waals surface area contributed by atoms with Gasteiger partial charge in [-0.2, -0.15) is 0 Å². The van der Waals surface area contributed by atoms with Crippen LogP contribution in [0.25, 0.3) is 0 Å². The van der Waals surface area contributed by atoms with Gasteiger partial charge in [0.05, 0.1) is 6.54 Å². The zero-order valence-corrected chi connectivity index (χ0v) is 14.4. The van der Waals surface area contributed by atoms with Gasteiger partial charge < -0.3 is 10.2 Å². The number of carbonyl (C=O) groups excluding carboxylic acids is 3. The summed E-state index contributed by atoms with van der Waals surface area (Å²) < 4.78 is 13.0. The third kappa shape index (κ3) is 3.23. The van der Waals surface area contributed by atoms with E-state index in [-0.39, 0.29) is 30.1 Å². The van der Waals surface area contributed by atoms with Crippen molar-refractivity contribution in [2.45, 2.75) is 38.8 Å². The minimum atomic E-state index is -0.926. The van der Waals surface area contributed by atoms with E-state index in [0.717, 1.165) is 0 Å². The molecule has 0 bridgehead atoms. The summed E-state index contributed by atoms with van der Waals surface area (Å²) in [6, 6.07) is 5.30. The van der Waals surface area contributed by atoms with Crippen LogP contribution in [0.1, 0.15) is 32.3 Å². The number of likely N-dealkylation sites (tertiary alicyclic amines) is 1. The van der Waals surface area contributed by atoms with Crippen LogP contribution in [0.4, 0.5) is 9.18 Å². The zero-order chi connectivity index (χ0) is 18.2. The first-order chi connectivity index (χ1) is 11.8. The Morgan fingerprint density at radius 2 is 1.80 bits per heavy atom. The summed E-state index contributed by atoms with van der Waals surface area (Å²) in [6.07, 6.45) is 0.825. The molecule has 0 unspecified atom stereocenters. The molecule has 2 heterocycles. The maximum Gasteiger partial charge on any atom is 0.325 e. The second-order valence-corrected chi connectivity index (χ2v) is 7.01. The monoisotopic (exact) mass is 347 g/mol. The van der Waals surface area contributed by atoms with E-state index in [9.17, 15) is 18.8 Å². The molecule has 1 aromatic carbocycles. The lowest BCUT2D eigenvalue weighted by Crippen LogP contribution is -2.56. The first-order valence-corrected chi connectivity index (χ1v) is 8.50. The summed E-state index contributed by atoms with van der Waals surface area (Å²) in [4.78, 5) is 40.1. The summed E-state index contributed by atoms with van der Waals surface area (Å²) in [7, 11) is 0. The predicted molar refractivity (Wildman–Crippen MR) is 88.9 cm³/mol. The molecule has 2 fully saturated rings. The average Bonchev–Trinajstić information content (AvgIpc) is 2.81. The number of imide groups is 1. The third-order valence-corrected chi connectivity index (χ3v) is 4.92. The second kappa shape index (κ2) is 6.46. The molecule has 0 aliphatic carbocycles. The number of nitrogens with one attached hydrogen (secondary N) is 1. The average molecular weight is 347 g/mol. The Labute approximate surface area is 146 Å². The van der Waals surface area contributed by atoms with Gasteiger partial charge in [0.15, 0.2) is 0 Å². The molecule has 1 spiro atoms. The molecular formula is C18H22FN3O3. The molecule has 2 aliphatic rings. The fourth-order valence-electron chi connectivity index (χ4n) is 3.41. The molecule has 4 amide bonds. The molecule has 2 saturated heterocycles. The number of rotatable bonds is 3. The lowest BCUT2D eigenvalue weighted by atomic mass is 9.87. The van der Waals surface area contributed by atoms with Crippen molar-refractivity contribution in [3.63, 3.8) is 0 Å². The molecule has 0 aromatic heterocycles. The van der Waals surface area contributed by atoms with Gasteiger partial charge in [0, 0.05) is 19.0 Å². The third-order valence-electron chi connectivity index (χ3n) is 4.92. The SMILES string of the molecule is CC(C)C(=O)N1CCC2(CC1)NC(=O)N(Cc1ccc(F)cc1)C2=O. The lowest BCUT2D eigenvalue weighted by Gasteiger charge is -2.38. The van der Waals surface area contributed by atoms with Crippen LogP contribution in [0, 0.1) is 11.7 Å². The molecule has 25 heavy (non-hydrogen) atoms. The summed E-state index contributed by atoms with van der Waals surface area (Å²) in [5, 5.41) is 2.81. The molecule has 6 nitrogen and oxygen atoms in total. The number of piperidine rings is 1. The van der Waals surface area contributed by atoms with Crippen LogP contribution in [0.5, 0.6) is 0 Å². The lowest BCUT2D eigenvalue weighted by molar-refractivity contribution is -0.140. The summed E-state index contributed by atoms with van der Waals surface area (Å²) in [5.74, 6) is -0.647. The number of carbonyl (C=O) groups is 3. The standard InChI is InChI=1S/C18H22FN3O3/c1-12(2)15(23)21-9-7-18(8-10-21)16(24)22(17(25)20-18)11-13-3-5-14(19)6-4-13/h3-6,12H,7-11H2,1-2H3,(H,20,25). The molecule has 1 N–H and O–H groups in total. The van der Waals surface area contributed by atoms with Gasteiger partial charge in [-0.15, -0.1) is 0 Å². The summed E-state index contributed by atoms with van der Waals surface area (Å²) in [5.41, 5.74) is -0.236. The van der Waals surface area contributed by atoms with E-state index in [2.05, 4.69) is 5.32 Å². The smallest absolute Gasteiger partial charge is 0.325 e. The fourth-order valence-corrected chi connectivity index (χ4v) is 3.41. The molecule has 134 valence electrons. The number of benzene rings is 1. The van der Waals surface area contributed by atoms with Crippen LogP contribution in [0.2, 0.25) is 0 Å². The number of hydrogen-bond donors (Lipinski definition) is 1. The summed E-state index contributed by atoms with van der Waals surface area (Å²) in [6.45, 7) is 4.71. The normalized spacial score (nSPS) is 19.7. The van der Waals surface area contributed by atoms with Crippen molar-refractivity contribution in [2.24, 2.45) is 5.92 Å². The topological polar surface area (TPSA) is 69.7 Å². The minimum Gasteiger partial charge on any atom is -0.342 e. The fraction of sp³-hybridized carbons (Fsp3) is 0.500. The van der Waals surface area contributed by atoms with E-state index >= 15 is 0 Å². The number of urea groups is 1. The number of hydrogen-bond acceptors (Lipinski definition) is 3. The Kier molecular flexibility index (Phi) is 4.49. The van der Waals surface area contributed by atoms with E-state index in [1.54, 1.807) is 17.0 Å². The van der Waals surface area contributed by atoms with Gasteiger partial charge in [0.25, 0.3) is 5.91 Å². The maximum atomic E-state index is 13.0. The number of halogens is 1. The largest absolute Gasteiger partial charge is 0.342 e. The molecule has 3 rings (SSSR count). The van der Waals surface area contributed by atoms with Crippen molar-refractivity contribution in [3.8, 4) is 0 Å². The van der Waals surface area contributed by atoms with E-state index in [0.29, 0.717) is 31.5 Å². The van der Waals surface area contributed by atoms with Crippen LogP contribution >= 0.6 is 0 Å². The second-order valence-electron chi connectivity index (χ2n) is 7.01. The Bertz CT molecular complexity index is 694. The number of amides is 4. The zero-order valence-electron chi connectivity index (χ0n) is 14.4. The molecular weight excluding hydrogens is 325 g/mol. The highest BCUT2D eigenvalue weighted by Crippen LogP contribution is 2.30. The van der Waals surface area contributed by atoms with Crippen LogP contribution in [0.15, 0.2) is 24.3 Å². The highest BCUT2D eigenvalue weighted by molar-refractivity contribution is 6.07. The van der Waals surface area contributed by atoms with E-state index in [1.165, 1.54) is 17.0 Å². The Morgan fingerprint density at radius 1 is 1.20 bits per heavy atom. The van der Waals surface area contributed by atoms with Gasteiger partial charge in [-0.1, -0.05) is 26.0 Å². The van der Waals surface area contributed by atoms with Gasteiger partial charge in [-0.25, -0.2) is 9.18 Å². The van der Waals surface area contributed by atoms with Crippen LogP contribution in [-0.4, -0.2) is 46.3 Å².